The van der Waals surface area contributed by atoms with E-state index in [9.17, 15) is 9.18 Å². The van der Waals surface area contributed by atoms with Gasteiger partial charge in [-0.3, -0.25) is 9.69 Å². The molecule has 0 saturated carbocycles. The largest absolute Gasteiger partial charge is 0.336 e. The second-order valence-corrected chi connectivity index (χ2v) is 7.30. The highest BCUT2D eigenvalue weighted by atomic mass is 19.1. The Hall–Kier alpha value is -2.99. The van der Waals surface area contributed by atoms with E-state index >= 15 is 0 Å². The van der Waals surface area contributed by atoms with Crippen molar-refractivity contribution in [1.29, 1.82) is 0 Å². The number of nitrogens with zero attached hydrogens (tertiary/aromatic N) is 4. The van der Waals surface area contributed by atoms with Gasteiger partial charge in [0.1, 0.15) is 5.82 Å². The van der Waals surface area contributed by atoms with Gasteiger partial charge in [-0.1, -0.05) is 37.3 Å². The van der Waals surface area contributed by atoms with Gasteiger partial charge in [-0.2, -0.15) is 5.10 Å². The van der Waals surface area contributed by atoms with Crippen LogP contribution in [0.3, 0.4) is 0 Å². The molecule has 6 heteroatoms. The zero-order valence-electron chi connectivity index (χ0n) is 16.6. The Labute approximate surface area is 170 Å². The second kappa shape index (κ2) is 8.57. The first-order valence-electron chi connectivity index (χ1n) is 10.0. The summed E-state index contributed by atoms with van der Waals surface area (Å²) in [5.41, 5.74) is 3.54. The van der Waals surface area contributed by atoms with Crippen molar-refractivity contribution < 1.29 is 9.18 Å². The minimum atomic E-state index is -0.288. The fourth-order valence-electron chi connectivity index (χ4n) is 3.82. The van der Waals surface area contributed by atoms with Crippen molar-refractivity contribution in [2.24, 2.45) is 0 Å². The lowest BCUT2D eigenvalue weighted by atomic mass is 10.1. The van der Waals surface area contributed by atoms with E-state index in [-0.39, 0.29) is 11.7 Å². The molecule has 0 atom stereocenters. The Morgan fingerprint density at radius 1 is 1.00 bits per heavy atom. The molecule has 1 aliphatic rings. The summed E-state index contributed by atoms with van der Waals surface area (Å²) in [6.07, 6.45) is 2.31. The number of halogens is 1. The molecular weight excluding hydrogens is 367 g/mol. The van der Waals surface area contributed by atoms with Crippen molar-refractivity contribution in [3.05, 3.63) is 83.4 Å². The molecule has 1 fully saturated rings. The molecule has 1 amide bonds. The van der Waals surface area contributed by atoms with Crippen LogP contribution in [0.25, 0.3) is 5.69 Å². The molecule has 0 bridgehead atoms. The number of rotatable bonds is 5. The number of aromatic nitrogens is 2. The van der Waals surface area contributed by atoms with Crippen LogP contribution in [-0.2, 0) is 13.0 Å². The van der Waals surface area contributed by atoms with Crippen molar-refractivity contribution in [1.82, 2.24) is 19.6 Å². The first-order chi connectivity index (χ1) is 14.2. The van der Waals surface area contributed by atoms with E-state index in [1.54, 1.807) is 23.0 Å². The van der Waals surface area contributed by atoms with Crippen molar-refractivity contribution in [2.75, 3.05) is 26.2 Å². The Morgan fingerprint density at radius 2 is 1.69 bits per heavy atom. The summed E-state index contributed by atoms with van der Waals surface area (Å²) in [7, 11) is 0. The summed E-state index contributed by atoms with van der Waals surface area (Å²) >= 11 is 0. The molecule has 1 saturated heterocycles. The monoisotopic (exact) mass is 392 g/mol. The van der Waals surface area contributed by atoms with Gasteiger partial charge < -0.3 is 4.90 Å². The average Bonchev–Trinajstić information content (AvgIpc) is 3.19. The van der Waals surface area contributed by atoms with E-state index in [0.717, 1.165) is 31.0 Å². The zero-order chi connectivity index (χ0) is 20.2. The van der Waals surface area contributed by atoms with E-state index < -0.39 is 0 Å². The van der Waals surface area contributed by atoms with Crippen LogP contribution in [0, 0.1) is 5.82 Å². The predicted octanol–water partition coefficient (Wildman–Crippen LogP) is 3.53. The van der Waals surface area contributed by atoms with Crippen LogP contribution in [0.15, 0.2) is 60.8 Å². The van der Waals surface area contributed by atoms with Gasteiger partial charge in [0.15, 0.2) is 0 Å². The normalized spacial score (nSPS) is 14.9. The van der Waals surface area contributed by atoms with Crippen LogP contribution in [0.1, 0.15) is 28.5 Å². The number of benzene rings is 2. The molecule has 0 spiro atoms. The SMILES string of the molecule is CCc1c(C(=O)N2CCN(Cc3ccccc3)CC2)cnn1-c1ccc(F)cc1. The Morgan fingerprint density at radius 3 is 2.34 bits per heavy atom. The summed E-state index contributed by atoms with van der Waals surface area (Å²) in [6.45, 7) is 6.03. The lowest BCUT2D eigenvalue weighted by molar-refractivity contribution is 0.0627. The number of carbonyl (C=O) groups excluding carboxylic acids is 1. The third kappa shape index (κ3) is 4.22. The number of amides is 1. The highest BCUT2D eigenvalue weighted by Gasteiger charge is 2.26. The van der Waals surface area contributed by atoms with Crippen LogP contribution in [0.2, 0.25) is 0 Å². The molecule has 3 aromatic rings. The second-order valence-electron chi connectivity index (χ2n) is 7.30. The quantitative estimate of drug-likeness (QED) is 0.667. The van der Waals surface area contributed by atoms with Gasteiger partial charge in [-0.05, 0) is 36.2 Å². The number of hydrogen-bond acceptors (Lipinski definition) is 3. The summed E-state index contributed by atoms with van der Waals surface area (Å²) in [4.78, 5) is 17.4. The molecule has 5 nitrogen and oxygen atoms in total. The molecule has 29 heavy (non-hydrogen) atoms. The standard InChI is InChI=1S/C23H25FN4O/c1-2-22-21(16-25-28(22)20-10-8-19(24)9-11-20)23(29)27-14-12-26(13-15-27)17-18-6-4-3-5-7-18/h3-11,16H,2,12-15,17H2,1H3. The van der Waals surface area contributed by atoms with Gasteiger partial charge in [0, 0.05) is 32.7 Å². The molecular formula is C23H25FN4O. The first-order valence-corrected chi connectivity index (χ1v) is 10.0. The van der Waals surface area contributed by atoms with Gasteiger partial charge in [0.05, 0.1) is 23.1 Å². The third-order valence-corrected chi connectivity index (χ3v) is 5.41. The lowest BCUT2D eigenvalue weighted by Crippen LogP contribution is -2.48. The number of hydrogen-bond donors (Lipinski definition) is 0. The van der Waals surface area contributed by atoms with Crippen molar-refractivity contribution in [3.8, 4) is 5.69 Å². The van der Waals surface area contributed by atoms with E-state index in [0.29, 0.717) is 25.1 Å². The fourth-order valence-corrected chi connectivity index (χ4v) is 3.82. The fraction of sp³-hybridized carbons (Fsp3) is 0.304. The average molecular weight is 392 g/mol. The molecule has 4 rings (SSSR count). The van der Waals surface area contributed by atoms with Crippen molar-refractivity contribution in [2.45, 2.75) is 19.9 Å². The molecule has 1 aliphatic heterocycles. The smallest absolute Gasteiger partial charge is 0.257 e. The van der Waals surface area contributed by atoms with E-state index in [2.05, 4.69) is 34.3 Å². The summed E-state index contributed by atoms with van der Waals surface area (Å²) in [6, 6.07) is 16.6. The predicted molar refractivity (Wildman–Crippen MR) is 111 cm³/mol. The Bertz CT molecular complexity index is 960. The van der Waals surface area contributed by atoms with E-state index in [1.807, 2.05) is 17.9 Å². The molecule has 1 aromatic heterocycles. The molecule has 0 unspecified atom stereocenters. The van der Waals surface area contributed by atoms with E-state index in [1.165, 1.54) is 17.7 Å². The summed E-state index contributed by atoms with van der Waals surface area (Å²) in [5, 5.41) is 4.41. The zero-order valence-corrected chi connectivity index (χ0v) is 16.6. The first kappa shape index (κ1) is 19.3. The van der Waals surface area contributed by atoms with Crippen LogP contribution >= 0.6 is 0 Å². The number of piperazine rings is 1. The van der Waals surface area contributed by atoms with Gasteiger partial charge in [-0.25, -0.2) is 9.07 Å². The topological polar surface area (TPSA) is 41.4 Å². The van der Waals surface area contributed by atoms with Crippen LogP contribution < -0.4 is 0 Å². The van der Waals surface area contributed by atoms with E-state index in [4.69, 9.17) is 0 Å². The molecule has 2 aromatic carbocycles. The molecule has 2 heterocycles. The minimum Gasteiger partial charge on any atom is -0.336 e. The van der Waals surface area contributed by atoms with Gasteiger partial charge in [0.25, 0.3) is 5.91 Å². The maximum atomic E-state index is 13.2. The third-order valence-electron chi connectivity index (χ3n) is 5.41. The molecule has 0 N–H and O–H groups in total. The molecule has 0 aliphatic carbocycles. The highest BCUT2D eigenvalue weighted by Crippen LogP contribution is 2.19. The van der Waals surface area contributed by atoms with Gasteiger partial charge in [-0.15, -0.1) is 0 Å². The Balaban J connectivity index is 1.44. The van der Waals surface area contributed by atoms with Crippen LogP contribution in [0.4, 0.5) is 4.39 Å². The summed E-state index contributed by atoms with van der Waals surface area (Å²) in [5.74, 6) is -0.266. The number of carbonyl (C=O) groups is 1. The van der Waals surface area contributed by atoms with Crippen molar-refractivity contribution in [3.63, 3.8) is 0 Å². The van der Waals surface area contributed by atoms with Crippen molar-refractivity contribution >= 4 is 5.91 Å². The molecule has 0 radical (unpaired) electrons. The Kier molecular flexibility index (Phi) is 5.71. The molecule has 150 valence electrons. The maximum absolute atomic E-state index is 13.2. The van der Waals surface area contributed by atoms with Crippen LogP contribution in [0.5, 0.6) is 0 Å². The lowest BCUT2D eigenvalue weighted by Gasteiger charge is -2.34. The van der Waals surface area contributed by atoms with Crippen LogP contribution in [-0.4, -0.2) is 51.7 Å². The highest BCUT2D eigenvalue weighted by molar-refractivity contribution is 5.95. The van der Waals surface area contributed by atoms with Gasteiger partial charge >= 0.3 is 0 Å². The minimum absolute atomic E-state index is 0.0228. The summed E-state index contributed by atoms with van der Waals surface area (Å²) < 4.78 is 15.0. The maximum Gasteiger partial charge on any atom is 0.257 e. The van der Waals surface area contributed by atoms with Gasteiger partial charge in [0.2, 0.25) is 0 Å².